The third kappa shape index (κ3) is 3.01. The van der Waals surface area contributed by atoms with Crippen LogP contribution in [0.2, 0.25) is 0 Å². The van der Waals surface area contributed by atoms with Crippen LogP contribution in [-0.2, 0) is 10.1 Å². The van der Waals surface area contributed by atoms with Gasteiger partial charge < -0.3 is 4.42 Å². The number of rotatable bonds is 2. The molecule has 0 aliphatic rings. The summed E-state index contributed by atoms with van der Waals surface area (Å²) >= 11 is 0. The molecule has 3 aromatic carbocycles. The molecule has 0 saturated carbocycles. The SMILES string of the molecule is O=S(=O)(O)c1cc2oc(-c3ccnc4ccccc34)nc2c2ccccc12.[NaH]. The zero-order valence-electron chi connectivity index (χ0n) is 13.8. The van der Waals surface area contributed by atoms with Gasteiger partial charge in [0.1, 0.15) is 10.4 Å². The molecule has 0 amide bonds. The Morgan fingerprint density at radius 1 is 0.893 bits per heavy atom. The van der Waals surface area contributed by atoms with E-state index < -0.39 is 10.1 Å². The second kappa shape index (κ2) is 6.95. The summed E-state index contributed by atoms with van der Waals surface area (Å²) in [5.74, 6) is 0.362. The molecule has 5 aromatic rings. The van der Waals surface area contributed by atoms with Crippen LogP contribution in [0.25, 0.3) is 44.2 Å². The minimum atomic E-state index is -4.41. The maximum absolute atomic E-state index is 11.8. The maximum atomic E-state index is 11.8. The van der Waals surface area contributed by atoms with Gasteiger partial charge in [-0.2, -0.15) is 8.42 Å². The molecule has 2 aromatic heterocycles. The van der Waals surface area contributed by atoms with Crippen LogP contribution in [0.1, 0.15) is 0 Å². The van der Waals surface area contributed by atoms with Crippen molar-refractivity contribution in [1.82, 2.24) is 9.97 Å². The molecule has 0 fully saturated rings. The first-order chi connectivity index (χ1) is 13.0. The first-order valence-electron chi connectivity index (χ1n) is 8.16. The molecule has 2 heterocycles. The molecule has 1 N–H and O–H groups in total. The van der Waals surface area contributed by atoms with Crippen molar-refractivity contribution < 1.29 is 17.4 Å². The Morgan fingerprint density at radius 3 is 2.32 bits per heavy atom. The van der Waals surface area contributed by atoms with Gasteiger partial charge in [0.2, 0.25) is 5.89 Å². The van der Waals surface area contributed by atoms with Crippen molar-refractivity contribution in [2.24, 2.45) is 0 Å². The Balaban J connectivity index is 0.00000192. The fourth-order valence-corrected chi connectivity index (χ4v) is 4.05. The molecule has 28 heavy (non-hydrogen) atoms. The Morgan fingerprint density at radius 2 is 1.57 bits per heavy atom. The topological polar surface area (TPSA) is 93.3 Å². The first-order valence-corrected chi connectivity index (χ1v) is 9.60. The van der Waals surface area contributed by atoms with Gasteiger partial charge in [-0.3, -0.25) is 9.54 Å². The van der Waals surface area contributed by atoms with Crippen molar-refractivity contribution in [3.63, 3.8) is 0 Å². The minimum absolute atomic E-state index is 0. The molecular weight excluding hydrogens is 387 g/mol. The van der Waals surface area contributed by atoms with E-state index in [1.54, 1.807) is 36.5 Å². The molecule has 6 nitrogen and oxygen atoms in total. The number of para-hydroxylation sites is 1. The van der Waals surface area contributed by atoms with Gasteiger partial charge in [-0.15, -0.1) is 0 Å². The van der Waals surface area contributed by atoms with Crippen LogP contribution in [0, 0.1) is 0 Å². The standard InChI is InChI=1S/C20H12N2O4S.Na.H/c23-27(24,25)18-11-17-19(14-7-2-1-6-13(14)18)22-20(26-17)15-9-10-21-16-8-4-3-5-12(15)16;;/h1-11H,(H,23,24,25);;. The molecule has 0 aliphatic heterocycles. The zero-order chi connectivity index (χ0) is 18.6. The Hall–Kier alpha value is -2.29. The summed E-state index contributed by atoms with van der Waals surface area (Å²) in [6.07, 6.45) is 1.67. The Kier molecular flexibility index (Phi) is 4.73. The van der Waals surface area contributed by atoms with E-state index >= 15 is 0 Å². The van der Waals surface area contributed by atoms with Gasteiger partial charge in [-0.05, 0) is 12.1 Å². The number of pyridine rings is 1. The summed E-state index contributed by atoms with van der Waals surface area (Å²) < 4.78 is 39.2. The summed E-state index contributed by atoms with van der Waals surface area (Å²) in [5.41, 5.74) is 2.39. The number of fused-ring (bicyclic) bond motifs is 4. The van der Waals surface area contributed by atoms with Crippen molar-refractivity contribution in [1.29, 1.82) is 0 Å². The normalized spacial score (nSPS) is 11.8. The van der Waals surface area contributed by atoms with Crippen molar-refractivity contribution in [3.8, 4) is 11.5 Å². The summed E-state index contributed by atoms with van der Waals surface area (Å²) in [6.45, 7) is 0. The molecule has 0 spiro atoms. The van der Waals surface area contributed by atoms with E-state index in [9.17, 15) is 13.0 Å². The molecule has 8 heteroatoms. The Labute approximate surface area is 182 Å². The van der Waals surface area contributed by atoms with Crippen molar-refractivity contribution in [2.75, 3.05) is 0 Å². The second-order valence-electron chi connectivity index (χ2n) is 6.14. The number of benzene rings is 3. The molecule has 0 aliphatic carbocycles. The average Bonchev–Trinajstić information content (AvgIpc) is 3.10. The molecule has 5 rings (SSSR count). The molecular formula is C20H13N2NaO4S. The van der Waals surface area contributed by atoms with E-state index in [-0.39, 0.29) is 40.0 Å². The monoisotopic (exact) mass is 400 g/mol. The van der Waals surface area contributed by atoms with E-state index in [2.05, 4.69) is 9.97 Å². The van der Waals surface area contributed by atoms with Gasteiger partial charge >= 0.3 is 29.6 Å². The van der Waals surface area contributed by atoms with Crippen LogP contribution in [0.4, 0.5) is 0 Å². The third-order valence-corrected chi connectivity index (χ3v) is 5.41. The van der Waals surface area contributed by atoms with Crippen molar-refractivity contribution in [2.45, 2.75) is 4.90 Å². The molecule has 0 atom stereocenters. The molecule has 0 saturated heterocycles. The van der Waals surface area contributed by atoms with Crippen LogP contribution >= 0.6 is 0 Å². The van der Waals surface area contributed by atoms with Crippen LogP contribution in [0.15, 0.2) is 76.2 Å². The van der Waals surface area contributed by atoms with Gasteiger partial charge in [0.05, 0.1) is 5.52 Å². The first kappa shape index (κ1) is 19.0. The van der Waals surface area contributed by atoms with Gasteiger partial charge in [0.15, 0.2) is 5.58 Å². The van der Waals surface area contributed by atoms with Gasteiger partial charge in [-0.1, -0.05) is 42.5 Å². The molecule has 0 bridgehead atoms. The zero-order valence-corrected chi connectivity index (χ0v) is 14.6. The van der Waals surface area contributed by atoms with Crippen molar-refractivity contribution in [3.05, 3.63) is 66.9 Å². The van der Waals surface area contributed by atoms with E-state index in [0.717, 1.165) is 16.5 Å². The number of hydrogen-bond acceptors (Lipinski definition) is 5. The summed E-state index contributed by atoms with van der Waals surface area (Å²) in [7, 11) is -4.41. The molecule has 0 unspecified atom stereocenters. The molecule has 134 valence electrons. The van der Waals surface area contributed by atoms with E-state index in [1.165, 1.54) is 6.07 Å². The number of aromatic nitrogens is 2. The van der Waals surface area contributed by atoms with Gasteiger partial charge in [0, 0.05) is 34.0 Å². The average molecular weight is 400 g/mol. The second-order valence-corrected chi connectivity index (χ2v) is 7.53. The third-order valence-electron chi connectivity index (χ3n) is 4.52. The summed E-state index contributed by atoms with van der Waals surface area (Å²) in [5, 5.41) is 1.87. The number of hydrogen-bond donors (Lipinski definition) is 1. The van der Waals surface area contributed by atoms with Crippen LogP contribution in [0.5, 0.6) is 0 Å². The molecule has 0 radical (unpaired) electrons. The van der Waals surface area contributed by atoms with Crippen LogP contribution in [0.3, 0.4) is 0 Å². The van der Waals surface area contributed by atoms with E-state index in [0.29, 0.717) is 22.2 Å². The summed E-state index contributed by atoms with van der Waals surface area (Å²) in [6, 6.07) is 17.6. The van der Waals surface area contributed by atoms with Gasteiger partial charge in [0.25, 0.3) is 10.1 Å². The quantitative estimate of drug-likeness (QED) is 0.358. The summed E-state index contributed by atoms with van der Waals surface area (Å²) in [4.78, 5) is 8.75. The van der Waals surface area contributed by atoms with Crippen LogP contribution in [-0.4, -0.2) is 52.5 Å². The predicted molar refractivity (Wildman–Crippen MR) is 109 cm³/mol. The number of nitrogens with zero attached hydrogens (tertiary/aromatic N) is 2. The van der Waals surface area contributed by atoms with Crippen LogP contribution < -0.4 is 0 Å². The van der Waals surface area contributed by atoms with Gasteiger partial charge in [-0.25, -0.2) is 4.98 Å². The van der Waals surface area contributed by atoms with E-state index in [1.807, 2.05) is 24.3 Å². The number of oxazole rings is 1. The Bertz CT molecular complexity index is 1460. The fourth-order valence-electron chi connectivity index (χ4n) is 3.33. The fraction of sp³-hybridized carbons (Fsp3) is 0. The van der Waals surface area contributed by atoms with Crippen molar-refractivity contribution >= 4 is 72.5 Å². The predicted octanol–water partition coefficient (Wildman–Crippen LogP) is 3.79. The van der Waals surface area contributed by atoms with E-state index in [4.69, 9.17) is 4.42 Å².